The average Bonchev–Trinajstić information content (AvgIpc) is 2.39. The molecule has 108 valence electrons. The van der Waals surface area contributed by atoms with Crippen LogP contribution in [0.5, 0.6) is 0 Å². The van der Waals surface area contributed by atoms with Crippen molar-refractivity contribution in [1.82, 2.24) is 5.32 Å². The number of aliphatic hydroxyl groups excluding tert-OH is 1. The number of hydrogen-bond acceptors (Lipinski definition) is 3. The number of likely N-dealkylation sites (N-methyl/N-ethyl adjacent to an activating group) is 1. The number of thioether (sulfide) groups is 1. The Morgan fingerprint density at radius 3 is 2.79 bits per heavy atom. The molecule has 1 aromatic carbocycles. The SMILES string of the molecule is CCNC(C)(CO)CCCSCc1cccc(C)c1. The third-order valence-electron chi connectivity index (χ3n) is 3.32. The fraction of sp³-hybridized carbons (Fsp3) is 0.625. The van der Waals surface area contributed by atoms with E-state index >= 15 is 0 Å². The standard InChI is InChI=1S/C16H27NOS/c1-4-17-16(3,13-18)9-6-10-19-12-15-8-5-7-14(2)11-15/h5,7-8,11,17-18H,4,6,9-10,12-13H2,1-3H3. The van der Waals surface area contributed by atoms with Crippen molar-refractivity contribution in [3.8, 4) is 0 Å². The summed E-state index contributed by atoms with van der Waals surface area (Å²) in [6.45, 7) is 7.44. The monoisotopic (exact) mass is 281 g/mol. The maximum absolute atomic E-state index is 9.41. The van der Waals surface area contributed by atoms with Crippen molar-refractivity contribution in [1.29, 1.82) is 0 Å². The summed E-state index contributed by atoms with van der Waals surface area (Å²) < 4.78 is 0. The molecule has 2 N–H and O–H groups in total. The molecule has 0 fully saturated rings. The topological polar surface area (TPSA) is 32.3 Å². The summed E-state index contributed by atoms with van der Waals surface area (Å²) in [6.07, 6.45) is 2.17. The molecule has 1 rings (SSSR count). The lowest BCUT2D eigenvalue weighted by Crippen LogP contribution is -2.45. The zero-order valence-corrected chi connectivity index (χ0v) is 13.2. The van der Waals surface area contributed by atoms with E-state index < -0.39 is 0 Å². The van der Waals surface area contributed by atoms with Crippen molar-refractivity contribution in [3.05, 3.63) is 35.4 Å². The number of rotatable bonds is 9. The van der Waals surface area contributed by atoms with Crippen LogP contribution in [0.25, 0.3) is 0 Å². The quantitative estimate of drug-likeness (QED) is 0.681. The number of benzene rings is 1. The lowest BCUT2D eigenvalue weighted by molar-refractivity contribution is 0.167. The zero-order chi connectivity index (χ0) is 14.1. The molecule has 0 bridgehead atoms. The van der Waals surface area contributed by atoms with E-state index in [1.807, 2.05) is 11.8 Å². The van der Waals surface area contributed by atoms with Gasteiger partial charge in [0.2, 0.25) is 0 Å². The van der Waals surface area contributed by atoms with Gasteiger partial charge in [-0.2, -0.15) is 11.8 Å². The number of hydrogen-bond donors (Lipinski definition) is 2. The Morgan fingerprint density at radius 2 is 2.16 bits per heavy atom. The second-order valence-corrected chi connectivity index (χ2v) is 6.50. The molecular formula is C16H27NOS. The molecular weight excluding hydrogens is 254 g/mol. The highest BCUT2D eigenvalue weighted by Crippen LogP contribution is 2.18. The van der Waals surface area contributed by atoms with Crippen molar-refractivity contribution < 1.29 is 5.11 Å². The molecule has 0 saturated heterocycles. The Morgan fingerprint density at radius 1 is 1.37 bits per heavy atom. The third kappa shape index (κ3) is 6.46. The molecule has 0 heterocycles. The molecule has 0 amide bonds. The Balaban J connectivity index is 2.20. The van der Waals surface area contributed by atoms with Crippen LogP contribution < -0.4 is 5.32 Å². The van der Waals surface area contributed by atoms with Crippen LogP contribution in [0.3, 0.4) is 0 Å². The third-order valence-corrected chi connectivity index (χ3v) is 4.44. The molecule has 1 aromatic rings. The molecule has 3 heteroatoms. The van der Waals surface area contributed by atoms with E-state index in [0.29, 0.717) is 0 Å². The Bertz CT molecular complexity index is 370. The van der Waals surface area contributed by atoms with E-state index in [1.165, 1.54) is 11.1 Å². The van der Waals surface area contributed by atoms with Crippen LogP contribution in [0.15, 0.2) is 24.3 Å². The minimum Gasteiger partial charge on any atom is -0.394 e. The molecule has 2 nitrogen and oxygen atoms in total. The van der Waals surface area contributed by atoms with Crippen LogP contribution in [-0.2, 0) is 5.75 Å². The van der Waals surface area contributed by atoms with Crippen LogP contribution in [0.1, 0.15) is 37.8 Å². The summed E-state index contributed by atoms with van der Waals surface area (Å²) in [5.41, 5.74) is 2.62. The van der Waals surface area contributed by atoms with Crippen molar-refractivity contribution in [2.45, 2.75) is 44.9 Å². The van der Waals surface area contributed by atoms with Gasteiger partial charge >= 0.3 is 0 Å². The van der Waals surface area contributed by atoms with Gasteiger partial charge in [0.1, 0.15) is 0 Å². The summed E-state index contributed by atoms with van der Waals surface area (Å²) in [7, 11) is 0. The summed E-state index contributed by atoms with van der Waals surface area (Å²) in [4.78, 5) is 0. The summed E-state index contributed by atoms with van der Waals surface area (Å²) in [5, 5.41) is 12.8. The first-order chi connectivity index (χ1) is 9.09. The normalized spacial score (nSPS) is 14.3. The molecule has 1 unspecified atom stereocenters. The first-order valence-electron chi connectivity index (χ1n) is 7.09. The van der Waals surface area contributed by atoms with Gasteiger partial charge in [0.25, 0.3) is 0 Å². The first-order valence-corrected chi connectivity index (χ1v) is 8.24. The zero-order valence-electron chi connectivity index (χ0n) is 12.4. The molecule has 0 aliphatic carbocycles. The van der Waals surface area contributed by atoms with Crippen molar-refractivity contribution in [2.24, 2.45) is 0 Å². The fourth-order valence-corrected chi connectivity index (χ4v) is 3.11. The molecule has 0 spiro atoms. The lowest BCUT2D eigenvalue weighted by atomic mass is 9.97. The van der Waals surface area contributed by atoms with E-state index in [1.54, 1.807) is 0 Å². The molecule has 0 aliphatic rings. The number of aryl methyl sites for hydroxylation is 1. The summed E-state index contributed by atoms with van der Waals surface area (Å²) >= 11 is 1.97. The van der Waals surface area contributed by atoms with Gasteiger partial charge in [0, 0.05) is 11.3 Å². The maximum Gasteiger partial charge on any atom is 0.0610 e. The predicted octanol–water partition coefficient (Wildman–Crippen LogP) is 3.37. The fourth-order valence-electron chi connectivity index (χ4n) is 2.21. The maximum atomic E-state index is 9.41. The van der Waals surface area contributed by atoms with Gasteiger partial charge in [0.15, 0.2) is 0 Å². The van der Waals surface area contributed by atoms with Gasteiger partial charge in [-0.15, -0.1) is 0 Å². The lowest BCUT2D eigenvalue weighted by Gasteiger charge is -2.28. The number of nitrogens with one attached hydrogen (secondary N) is 1. The second kappa shape index (κ2) is 8.62. The van der Waals surface area contributed by atoms with Gasteiger partial charge in [0.05, 0.1) is 6.61 Å². The van der Waals surface area contributed by atoms with E-state index in [9.17, 15) is 5.11 Å². The van der Waals surface area contributed by atoms with E-state index in [2.05, 4.69) is 50.4 Å². The average molecular weight is 281 g/mol. The molecule has 1 atom stereocenters. The van der Waals surface area contributed by atoms with Gasteiger partial charge < -0.3 is 10.4 Å². The minimum atomic E-state index is -0.112. The van der Waals surface area contributed by atoms with E-state index in [0.717, 1.165) is 30.9 Å². The largest absolute Gasteiger partial charge is 0.394 e. The van der Waals surface area contributed by atoms with Gasteiger partial charge in [-0.3, -0.25) is 0 Å². The highest BCUT2D eigenvalue weighted by atomic mass is 32.2. The van der Waals surface area contributed by atoms with Crippen molar-refractivity contribution in [3.63, 3.8) is 0 Å². The predicted molar refractivity (Wildman–Crippen MR) is 85.7 cm³/mol. The van der Waals surface area contributed by atoms with E-state index in [4.69, 9.17) is 0 Å². The van der Waals surface area contributed by atoms with Gasteiger partial charge in [-0.1, -0.05) is 36.8 Å². The van der Waals surface area contributed by atoms with Crippen LogP contribution in [0, 0.1) is 6.92 Å². The van der Waals surface area contributed by atoms with Crippen LogP contribution >= 0.6 is 11.8 Å². The molecule has 0 aliphatic heterocycles. The molecule has 0 saturated carbocycles. The van der Waals surface area contributed by atoms with Crippen LogP contribution in [0.2, 0.25) is 0 Å². The second-order valence-electron chi connectivity index (χ2n) is 5.39. The Kier molecular flexibility index (Phi) is 7.51. The van der Waals surface area contributed by atoms with Crippen molar-refractivity contribution >= 4 is 11.8 Å². The molecule has 0 radical (unpaired) electrons. The highest BCUT2D eigenvalue weighted by Gasteiger charge is 2.20. The Labute approximate surface area is 122 Å². The molecule has 19 heavy (non-hydrogen) atoms. The van der Waals surface area contributed by atoms with Crippen LogP contribution in [-0.4, -0.2) is 29.5 Å². The summed E-state index contributed by atoms with van der Waals surface area (Å²) in [5.74, 6) is 2.23. The first kappa shape index (κ1) is 16.5. The molecule has 0 aromatic heterocycles. The van der Waals surface area contributed by atoms with Gasteiger partial charge in [-0.25, -0.2) is 0 Å². The van der Waals surface area contributed by atoms with Gasteiger partial charge in [-0.05, 0) is 44.6 Å². The summed E-state index contributed by atoms with van der Waals surface area (Å²) in [6, 6.07) is 8.70. The van der Waals surface area contributed by atoms with Crippen LogP contribution in [0.4, 0.5) is 0 Å². The highest BCUT2D eigenvalue weighted by molar-refractivity contribution is 7.98. The minimum absolute atomic E-state index is 0.112. The number of aliphatic hydroxyl groups is 1. The van der Waals surface area contributed by atoms with E-state index in [-0.39, 0.29) is 12.1 Å². The van der Waals surface area contributed by atoms with Crippen molar-refractivity contribution in [2.75, 3.05) is 18.9 Å². The Hall–Kier alpha value is -0.510. The smallest absolute Gasteiger partial charge is 0.0610 e.